The van der Waals surface area contributed by atoms with E-state index in [0.717, 1.165) is 17.1 Å². The van der Waals surface area contributed by atoms with Gasteiger partial charge in [-0.2, -0.15) is 0 Å². The molecule has 33 heavy (non-hydrogen) atoms. The fourth-order valence-corrected chi connectivity index (χ4v) is 3.62. The summed E-state index contributed by atoms with van der Waals surface area (Å²) in [6.07, 6.45) is 0. The van der Waals surface area contributed by atoms with Gasteiger partial charge in [0.1, 0.15) is 11.6 Å². The van der Waals surface area contributed by atoms with Gasteiger partial charge in [0.25, 0.3) is 5.91 Å². The lowest BCUT2D eigenvalue weighted by Gasteiger charge is -2.35. The summed E-state index contributed by atoms with van der Waals surface area (Å²) in [6.45, 7) is 2.24. The lowest BCUT2D eigenvalue weighted by Crippen LogP contribution is -2.50. The van der Waals surface area contributed by atoms with Crippen LogP contribution >= 0.6 is 0 Å². The minimum Gasteiger partial charge on any atom is -0.493 e. The van der Waals surface area contributed by atoms with Crippen LogP contribution < -0.4 is 19.1 Å². The smallest absolute Gasteiger partial charge is 0.260 e. The van der Waals surface area contributed by atoms with Gasteiger partial charge in [-0.1, -0.05) is 6.07 Å². The molecule has 8 nitrogen and oxygen atoms in total. The number of rotatable bonds is 7. The van der Waals surface area contributed by atoms with Gasteiger partial charge in [-0.05, 0) is 42.5 Å². The Labute approximate surface area is 191 Å². The number of carbonyl (C=O) groups is 1. The van der Waals surface area contributed by atoms with Crippen LogP contribution in [0.2, 0.25) is 0 Å². The fraction of sp³-hybridized carbons (Fsp3) is 0.292. The molecular weight excluding hydrogens is 427 g/mol. The van der Waals surface area contributed by atoms with Crippen LogP contribution in [0, 0.1) is 5.82 Å². The highest BCUT2D eigenvalue weighted by Gasteiger charge is 2.22. The first kappa shape index (κ1) is 22.3. The van der Waals surface area contributed by atoms with Gasteiger partial charge in [0, 0.05) is 37.8 Å². The Kier molecular flexibility index (Phi) is 6.87. The maximum atomic E-state index is 13.2. The van der Waals surface area contributed by atoms with E-state index >= 15 is 0 Å². The topological polar surface area (TPSA) is 77.0 Å². The Bertz CT molecular complexity index is 1100. The largest absolute Gasteiger partial charge is 0.493 e. The Morgan fingerprint density at radius 3 is 2.39 bits per heavy atom. The third-order valence-electron chi connectivity index (χ3n) is 5.44. The summed E-state index contributed by atoms with van der Waals surface area (Å²) in [6, 6.07) is 15.2. The zero-order valence-corrected chi connectivity index (χ0v) is 18.5. The number of amides is 1. The highest BCUT2D eigenvalue weighted by atomic mass is 19.1. The van der Waals surface area contributed by atoms with E-state index in [1.54, 1.807) is 31.3 Å². The Morgan fingerprint density at radius 1 is 0.939 bits per heavy atom. The molecule has 1 aromatic heterocycles. The minimum absolute atomic E-state index is 0.122. The maximum absolute atomic E-state index is 13.2. The molecule has 0 unspecified atom stereocenters. The third kappa shape index (κ3) is 5.31. The number of hydrogen-bond acceptors (Lipinski definition) is 7. The van der Waals surface area contributed by atoms with E-state index in [0.29, 0.717) is 43.4 Å². The molecule has 4 rings (SSSR count). The third-order valence-corrected chi connectivity index (χ3v) is 5.44. The highest BCUT2D eigenvalue weighted by Crippen LogP contribution is 2.31. The second-order valence-electron chi connectivity index (χ2n) is 7.46. The summed E-state index contributed by atoms with van der Waals surface area (Å²) in [5.74, 6) is 1.84. The first-order valence-corrected chi connectivity index (χ1v) is 10.5. The molecule has 172 valence electrons. The molecule has 0 N–H and O–H groups in total. The molecule has 0 bridgehead atoms. The van der Waals surface area contributed by atoms with Crippen LogP contribution in [-0.2, 0) is 4.79 Å². The van der Waals surface area contributed by atoms with E-state index in [1.165, 1.54) is 12.1 Å². The van der Waals surface area contributed by atoms with E-state index in [4.69, 9.17) is 14.2 Å². The van der Waals surface area contributed by atoms with Crippen molar-refractivity contribution in [3.8, 4) is 28.5 Å². The molecule has 0 radical (unpaired) electrons. The number of halogens is 1. The summed E-state index contributed by atoms with van der Waals surface area (Å²) >= 11 is 0. The lowest BCUT2D eigenvalue weighted by molar-refractivity contribution is -0.133. The lowest BCUT2D eigenvalue weighted by atomic mass is 10.1. The van der Waals surface area contributed by atoms with Gasteiger partial charge in [0.15, 0.2) is 23.9 Å². The van der Waals surface area contributed by atoms with Crippen molar-refractivity contribution in [2.24, 2.45) is 0 Å². The van der Waals surface area contributed by atoms with Crippen molar-refractivity contribution in [3.63, 3.8) is 0 Å². The highest BCUT2D eigenvalue weighted by molar-refractivity contribution is 5.78. The maximum Gasteiger partial charge on any atom is 0.260 e. The molecule has 1 aliphatic heterocycles. The summed E-state index contributed by atoms with van der Waals surface area (Å²) in [7, 11) is 3.19. The summed E-state index contributed by atoms with van der Waals surface area (Å²) in [4.78, 5) is 16.3. The number of nitrogens with zero attached hydrogens (tertiary/aromatic N) is 4. The van der Waals surface area contributed by atoms with Gasteiger partial charge >= 0.3 is 0 Å². The van der Waals surface area contributed by atoms with Crippen LogP contribution in [0.15, 0.2) is 54.6 Å². The summed E-state index contributed by atoms with van der Waals surface area (Å²) < 4.78 is 29.3. The predicted octanol–water partition coefficient (Wildman–Crippen LogP) is 3.03. The van der Waals surface area contributed by atoms with Gasteiger partial charge < -0.3 is 24.0 Å². The summed E-state index contributed by atoms with van der Waals surface area (Å²) in [5.41, 5.74) is 1.60. The van der Waals surface area contributed by atoms with Crippen molar-refractivity contribution in [3.05, 3.63) is 60.4 Å². The standard InChI is InChI=1S/C24H25FN4O4/c1-31-21-8-6-17(14-22(21)32-2)20-7-9-23(27-26-20)28-10-12-29(13-11-28)24(30)16-33-19-5-3-4-18(25)15-19/h3-9,14-15H,10-13,16H2,1-2H3. The molecule has 1 saturated heterocycles. The first-order valence-electron chi connectivity index (χ1n) is 10.5. The van der Waals surface area contributed by atoms with Crippen LogP contribution in [-0.4, -0.2) is 68.0 Å². The van der Waals surface area contributed by atoms with Crippen LogP contribution in [0.4, 0.5) is 10.2 Å². The van der Waals surface area contributed by atoms with E-state index in [2.05, 4.69) is 15.1 Å². The van der Waals surface area contributed by atoms with Crippen LogP contribution in [0.5, 0.6) is 17.2 Å². The van der Waals surface area contributed by atoms with Crippen molar-refractivity contribution in [2.45, 2.75) is 0 Å². The monoisotopic (exact) mass is 452 g/mol. The molecule has 2 heterocycles. The second-order valence-corrected chi connectivity index (χ2v) is 7.46. The van der Waals surface area contributed by atoms with Crippen LogP contribution in [0.3, 0.4) is 0 Å². The van der Waals surface area contributed by atoms with Crippen molar-refractivity contribution in [1.29, 1.82) is 0 Å². The van der Waals surface area contributed by atoms with E-state index in [1.807, 2.05) is 30.3 Å². The number of carbonyl (C=O) groups excluding carboxylic acids is 1. The quantitative estimate of drug-likeness (QED) is 0.545. The Hall–Kier alpha value is -3.88. The van der Waals surface area contributed by atoms with Crippen molar-refractivity contribution in [2.75, 3.05) is 51.9 Å². The molecule has 1 aliphatic rings. The number of benzene rings is 2. The van der Waals surface area contributed by atoms with Gasteiger partial charge in [-0.15, -0.1) is 10.2 Å². The van der Waals surface area contributed by atoms with Crippen molar-refractivity contribution < 1.29 is 23.4 Å². The van der Waals surface area contributed by atoms with Gasteiger partial charge in [0.2, 0.25) is 0 Å². The number of hydrogen-bond donors (Lipinski definition) is 0. The molecule has 9 heteroatoms. The molecule has 3 aromatic rings. The Balaban J connectivity index is 1.32. The number of piperazine rings is 1. The molecule has 0 spiro atoms. The van der Waals surface area contributed by atoms with Gasteiger partial charge in [-0.3, -0.25) is 4.79 Å². The molecule has 1 amide bonds. The van der Waals surface area contributed by atoms with Crippen LogP contribution in [0.1, 0.15) is 0 Å². The van der Waals surface area contributed by atoms with Crippen molar-refractivity contribution >= 4 is 11.7 Å². The molecule has 0 saturated carbocycles. The molecule has 2 aromatic carbocycles. The SMILES string of the molecule is COc1ccc(-c2ccc(N3CCN(C(=O)COc4cccc(F)c4)CC3)nn2)cc1OC. The number of methoxy groups -OCH3 is 2. The van der Waals surface area contributed by atoms with E-state index in [-0.39, 0.29) is 12.5 Å². The normalized spacial score (nSPS) is 13.5. The summed E-state index contributed by atoms with van der Waals surface area (Å²) in [5, 5.41) is 8.73. The average molecular weight is 452 g/mol. The van der Waals surface area contributed by atoms with Crippen LogP contribution in [0.25, 0.3) is 11.3 Å². The number of ether oxygens (including phenoxy) is 3. The predicted molar refractivity (Wildman–Crippen MR) is 121 cm³/mol. The Morgan fingerprint density at radius 2 is 1.73 bits per heavy atom. The number of aromatic nitrogens is 2. The zero-order valence-electron chi connectivity index (χ0n) is 18.5. The minimum atomic E-state index is -0.396. The first-order chi connectivity index (χ1) is 16.1. The zero-order chi connectivity index (χ0) is 23.2. The fourth-order valence-electron chi connectivity index (χ4n) is 3.62. The van der Waals surface area contributed by atoms with E-state index in [9.17, 15) is 9.18 Å². The molecule has 1 fully saturated rings. The van der Waals surface area contributed by atoms with Gasteiger partial charge in [-0.25, -0.2) is 4.39 Å². The molecular formula is C24H25FN4O4. The number of anilines is 1. The van der Waals surface area contributed by atoms with E-state index < -0.39 is 5.82 Å². The molecule has 0 atom stereocenters. The second kappa shape index (κ2) is 10.2. The van der Waals surface area contributed by atoms with Crippen molar-refractivity contribution in [1.82, 2.24) is 15.1 Å². The average Bonchev–Trinajstić information content (AvgIpc) is 2.87. The van der Waals surface area contributed by atoms with Gasteiger partial charge in [0.05, 0.1) is 19.9 Å². The molecule has 0 aliphatic carbocycles.